The first kappa shape index (κ1) is 13.7. The first-order valence-corrected chi connectivity index (χ1v) is 5.00. The van der Waals surface area contributed by atoms with Crippen molar-refractivity contribution in [3.8, 4) is 0 Å². The molecule has 4 nitrogen and oxygen atoms in total. The predicted octanol–water partition coefficient (Wildman–Crippen LogP) is 2.83. The summed E-state index contributed by atoms with van der Waals surface area (Å²) < 4.78 is 49.6. The lowest BCUT2D eigenvalue weighted by atomic mass is 10.5. The number of aromatic amines is 1. The standard InChI is InChI=1S/C5H3BrF4N2.C3H4N2/c6-4(7,8)5(9,10)12-2-1-11-3-12;1-2-5-3-4-1/h1-3H;1-3H,(H,4,5). The largest absolute Gasteiger partial charge is 0.403 e. The summed E-state index contributed by atoms with van der Waals surface area (Å²) in [6, 6.07) is -4.30. The van der Waals surface area contributed by atoms with Gasteiger partial charge >= 0.3 is 10.9 Å². The molecule has 0 spiro atoms. The molecule has 0 fully saturated rings. The van der Waals surface area contributed by atoms with E-state index >= 15 is 0 Å². The van der Waals surface area contributed by atoms with Crippen LogP contribution in [0.2, 0.25) is 0 Å². The first-order chi connectivity index (χ1) is 7.86. The van der Waals surface area contributed by atoms with E-state index in [1.54, 1.807) is 34.7 Å². The highest BCUT2D eigenvalue weighted by atomic mass is 79.9. The summed E-state index contributed by atoms with van der Waals surface area (Å²) in [5, 5.41) is 0. The fourth-order valence-electron chi connectivity index (χ4n) is 0.787. The van der Waals surface area contributed by atoms with E-state index in [0.29, 0.717) is 6.33 Å². The lowest BCUT2D eigenvalue weighted by molar-refractivity contribution is -0.206. The minimum atomic E-state index is -4.30. The molecule has 2 aromatic heterocycles. The highest BCUT2D eigenvalue weighted by Gasteiger charge is 2.56. The maximum absolute atomic E-state index is 12.6. The maximum Gasteiger partial charge on any atom is 0.403 e. The number of nitrogens with one attached hydrogen (secondary N) is 1. The molecule has 2 aromatic rings. The molecule has 0 unspecified atom stereocenters. The Morgan fingerprint density at radius 3 is 2.12 bits per heavy atom. The highest BCUT2D eigenvalue weighted by molar-refractivity contribution is 9.10. The Morgan fingerprint density at radius 2 is 1.82 bits per heavy atom. The van der Waals surface area contributed by atoms with E-state index in [0.717, 1.165) is 12.4 Å². The Labute approximate surface area is 102 Å². The van der Waals surface area contributed by atoms with Crippen LogP contribution in [0.4, 0.5) is 17.6 Å². The van der Waals surface area contributed by atoms with Crippen molar-refractivity contribution in [1.82, 2.24) is 19.5 Å². The number of hydrogen-bond donors (Lipinski definition) is 1. The average molecular weight is 315 g/mol. The Morgan fingerprint density at radius 1 is 1.12 bits per heavy atom. The van der Waals surface area contributed by atoms with E-state index in [-0.39, 0.29) is 4.57 Å². The minimum Gasteiger partial charge on any atom is -0.351 e. The van der Waals surface area contributed by atoms with Crippen molar-refractivity contribution in [2.75, 3.05) is 0 Å². The molecule has 0 aliphatic carbocycles. The second kappa shape index (κ2) is 5.30. The summed E-state index contributed by atoms with van der Waals surface area (Å²) in [5.74, 6) is 0. The van der Waals surface area contributed by atoms with Crippen LogP contribution < -0.4 is 0 Å². The summed E-state index contributed by atoms with van der Waals surface area (Å²) in [4.78, 5) is 5.37. The lowest BCUT2D eigenvalue weighted by Gasteiger charge is -2.21. The van der Waals surface area contributed by atoms with Gasteiger partial charge in [0.05, 0.1) is 12.7 Å². The van der Waals surface area contributed by atoms with Gasteiger partial charge in [0.25, 0.3) is 0 Å². The summed E-state index contributed by atoms with van der Waals surface area (Å²) in [7, 11) is 0. The molecule has 0 aliphatic rings. The van der Waals surface area contributed by atoms with Crippen LogP contribution >= 0.6 is 15.9 Å². The van der Waals surface area contributed by atoms with Crippen LogP contribution in [0.1, 0.15) is 0 Å². The zero-order chi connectivity index (χ0) is 12.9. The minimum absolute atomic E-state index is 0.0295. The van der Waals surface area contributed by atoms with Crippen LogP contribution in [0, 0.1) is 0 Å². The number of imidazole rings is 2. The van der Waals surface area contributed by atoms with Crippen LogP contribution in [-0.2, 0) is 6.05 Å². The van der Waals surface area contributed by atoms with Crippen LogP contribution in [0.5, 0.6) is 0 Å². The molecular formula is C8H7BrF4N4. The van der Waals surface area contributed by atoms with Crippen molar-refractivity contribution in [2.24, 2.45) is 0 Å². The van der Waals surface area contributed by atoms with Crippen molar-refractivity contribution in [2.45, 2.75) is 10.9 Å². The van der Waals surface area contributed by atoms with Gasteiger partial charge in [-0.3, -0.25) is 4.57 Å². The predicted molar refractivity (Wildman–Crippen MR) is 54.9 cm³/mol. The van der Waals surface area contributed by atoms with E-state index in [2.05, 4.69) is 15.0 Å². The quantitative estimate of drug-likeness (QED) is 0.684. The number of hydrogen-bond acceptors (Lipinski definition) is 2. The van der Waals surface area contributed by atoms with Crippen LogP contribution in [0.15, 0.2) is 37.4 Å². The van der Waals surface area contributed by atoms with Gasteiger partial charge in [0.15, 0.2) is 0 Å². The molecule has 0 saturated carbocycles. The fraction of sp³-hybridized carbons (Fsp3) is 0.250. The second-order valence-corrected chi connectivity index (χ2v) is 3.77. The average Bonchev–Trinajstić information content (AvgIpc) is 2.93. The fourth-order valence-corrected chi connectivity index (χ4v) is 0.992. The van der Waals surface area contributed by atoms with Gasteiger partial charge in [-0.2, -0.15) is 17.6 Å². The van der Waals surface area contributed by atoms with E-state index < -0.39 is 10.9 Å². The number of aromatic nitrogens is 4. The lowest BCUT2D eigenvalue weighted by Crippen LogP contribution is -2.37. The van der Waals surface area contributed by atoms with Gasteiger partial charge in [0.2, 0.25) is 0 Å². The molecule has 2 rings (SSSR count). The van der Waals surface area contributed by atoms with Gasteiger partial charge in [-0.05, 0) is 15.9 Å². The smallest absolute Gasteiger partial charge is 0.351 e. The molecule has 0 amide bonds. The van der Waals surface area contributed by atoms with Gasteiger partial charge < -0.3 is 4.98 Å². The zero-order valence-corrected chi connectivity index (χ0v) is 9.78. The molecule has 2 heterocycles. The normalized spacial score (nSPS) is 11.8. The monoisotopic (exact) mass is 314 g/mol. The van der Waals surface area contributed by atoms with E-state index in [1.807, 2.05) is 0 Å². The van der Waals surface area contributed by atoms with Gasteiger partial charge in [-0.1, -0.05) is 0 Å². The van der Waals surface area contributed by atoms with Crippen LogP contribution in [0.25, 0.3) is 0 Å². The van der Waals surface area contributed by atoms with Crippen molar-refractivity contribution < 1.29 is 17.6 Å². The van der Waals surface area contributed by atoms with Gasteiger partial charge in [-0.25, -0.2) is 9.97 Å². The number of alkyl halides is 5. The van der Waals surface area contributed by atoms with Crippen molar-refractivity contribution >= 4 is 15.9 Å². The summed E-state index contributed by atoms with van der Waals surface area (Å²) in [6.07, 6.45) is 7.46. The third kappa shape index (κ3) is 3.55. The molecular weight excluding hydrogens is 308 g/mol. The van der Waals surface area contributed by atoms with Crippen molar-refractivity contribution in [3.05, 3.63) is 37.4 Å². The second-order valence-electron chi connectivity index (χ2n) is 2.77. The molecule has 1 N–H and O–H groups in total. The first-order valence-electron chi connectivity index (χ1n) is 4.21. The maximum atomic E-state index is 12.6. The van der Waals surface area contributed by atoms with Gasteiger partial charge in [-0.15, -0.1) is 0 Å². The summed E-state index contributed by atoms with van der Waals surface area (Å²) >= 11 is 1.59. The van der Waals surface area contributed by atoms with E-state index in [4.69, 9.17) is 0 Å². The van der Waals surface area contributed by atoms with E-state index in [9.17, 15) is 17.6 Å². The molecule has 0 atom stereocenters. The number of rotatable bonds is 2. The van der Waals surface area contributed by atoms with Crippen LogP contribution in [-0.4, -0.2) is 24.4 Å². The number of H-pyrrole nitrogens is 1. The molecule has 0 aromatic carbocycles. The molecule has 94 valence electrons. The Kier molecular flexibility index (Phi) is 4.27. The molecule has 17 heavy (non-hydrogen) atoms. The summed E-state index contributed by atoms with van der Waals surface area (Å²) in [5.41, 5.74) is 0. The number of halogens is 5. The van der Waals surface area contributed by atoms with Crippen molar-refractivity contribution in [1.29, 1.82) is 0 Å². The Balaban J connectivity index is 0.000000239. The van der Waals surface area contributed by atoms with Gasteiger partial charge in [0, 0.05) is 24.8 Å². The molecule has 0 bridgehead atoms. The number of nitrogens with zero attached hydrogens (tertiary/aromatic N) is 3. The molecule has 0 aliphatic heterocycles. The van der Waals surface area contributed by atoms with E-state index in [1.165, 1.54) is 0 Å². The Bertz CT molecular complexity index is 392. The SMILES string of the molecule is FC(F)(Br)C(F)(F)n1ccnc1.c1c[nH]cn1. The third-order valence-corrected chi connectivity index (χ3v) is 2.05. The third-order valence-electron chi connectivity index (χ3n) is 1.58. The highest BCUT2D eigenvalue weighted by Crippen LogP contribution is 2.42. The Hall–Kier alpha value is -1.38. The molecule has 0 saturated heterocycles. The molecule has 9 heteroatoms. The molecule has 0 radical (unpaired) electrons. The van der Waals surface area contributed by atoms with Gasteiger partial charge in [0.1, 0.15) is 0 Å². The zero-order valence-electron chi connectivity index (χ0n) is 8.20. The van der Waals surface area contributed by atoms with Crippen molar-refractivity contribution in [3.63, 3.8) is 0 Å². The summed E-state index contributed by atoms with van der Waals surface area (Å²) in [6.45, 7) is 0. The van der Waals surface area contributed by atoms with Crippen LogP contribution in [0.3, 0.4) is 0 Å². The topological polar surface area (TPSA) is 46.5 Å².